The lowest BCUT2D eigenvalue weighted by Crippen LogP contribution is -2.17. The number of hydrazone groups is 1. The lowest BCUT2D eigenvalue weighted by atomic mass is 10.1. The molecule has 0 bridgehead atoms. The number of thioether (sulfide) groups is 1. The Kier molecular flexibility index (Phi) is 3.99. The van der Waals surface area contributed by atoms with Crippen LogP contribution in [0.15, 0.2) is 58.5 Å². The first kappa shape index (κ1) is 13.5. The van der Waals surface area contributed by atoms with Crippen molar-refractivity contribution in [3.63, 3.8) is 0 Å². The van der Waals surface area contributed by atoms with E-state index in [1.165, 1.54) is 4.90 Å². The zero-order valence-electron chi connectivity index (χ0n) is 11.1. The van der Waals surface area contributed by atoms with Crippen molar-refractivity contribution >= 4 is 34.8 Å². The van der Waals surface area contributed by atoms with E-state index in [0.29, 0.717) is 5.25 Å². The van der Waals surface area contributed by atoms with E-state index < -0.39 is 0 Å². The molecule has 0 aromatic heterocycles. The van der Waals surface area contributed by atoms with Crippen molar-refractivity contribution in [2.24, 2.45) is 5.10 Å². The van der Waals surface area contributed by atoms with Crippen LogP contribution in [0.3, 0.4) is 0 Å². The van der Waals surface area contributed by atoms with Gasteiger partial charge in [-0.2, -0.15) is 5.10 Å². The van der Waals surface area contributed by atoms with Crippen molar-refractivity contribution in [1.29, 1.82) is 0 Å². The van der Waals surface area contributed by atoms with Gasteiger partial charge in [-0.3, -0.25) is 5.43 Å². The average molecular weight is 303 g/mol. The van der Waals surface area contributed by atoms with Gasteiger partial charge in [0, 0.05) is 27.2 Å². The molecule has 20 heavy (non-hydrogen) atoms. The van der Waals surface area contributed by atoms with Gasteiger partial charge in [-0.1, -0.05) is 36.7 Å². The van der Waals surface area contributed by atoms with Crippen LogP contribution in [0.2, 0.25) is 5.02 Å². The van der Waals surface area contributed by atoms with E-state index in [-0.39, 0.29) is 0 Å². The number of halogens is 1. The van der Waals surface area contributed by atoms with E-state index in [1.54, 1.807) is 0 Å². The van der Waals surface area contributed by atoms with E-state index in [0.717, 1.165) is 28.4 Å². The number of anilines is 1. The summed E-state index contributed by atoms with van der Waals surface area (Å²) in [6.07, 6.45) is 0.942. The van der Waals surface area contributed by atoms with Crippen molar-refractivity contribution in [3.8, 4) is 0 Å². The van der Waals surface area contributed by atoms with Crippen molar-refractivity contribution in [2.45, 2.75) is 23.5 Å². The van der Waals surface area contributed by atoms with E-state index >= 15 is 0 Å². The maximum atomic E-state index is 6.11. The predicted octanol–water partition coefficient (Wildman–Crippen LogP) is 5.04. The van der Waals surface area contributed by atoms with Crippen molar-refractivity contribution < 1.29 is 0 Å². The molecule has 3 rings (SSSR count). The molecule has 0 radical (unpaired) electrons. The smallest absolute Gasteiger partial charge is 0.0702 e. The molecule has 1 unspecified atom stereocenters. The van der Waals surface area contributed by atoms with Gasteiger partial charge in [0.25, 0.3) is 0 Å². The van der Waals surface area contributed by atoms with Gasteiger partial charge in [-0.25, -0.2) is 0 Å². The number of rotatable bonds is 2. The van der Waals surface area contributed by atoms with E-state index in [2.05, 4.69) is 23.5 Å². The van der Waals surface area contributed by atoms with Crippen LogP contribution < -0.4 is 5.43 Å². The van der Waals surface area contributed by atoms with Crippen LogP contribution in [0.5, 0.6) is 0 Å². The molecule has 1 atom stereocenters. The molecule has 1 aliphatic rings. The van der Waals surface area contributed by atoms with Gasteiger partial charge in [0.1, 0.15) is 0 Å². The lowest BCUT2D eigenvalue weighted by Gasteiger charge is -2.22. The van der Waals surface area contributed by atoms with Crippen LogP contribution in [0.25, 0.3) is 0 Å². The third-order valence-corrected chi connectivity index (χ3v) is 4.57. The topological polar surface area (TPSA) is 24.4 Å². The second-order valence-electron chi connectivity index (χ2n) is 4.81. The van der Waals surface area contributed by atoms with Crippen LogP contribution in [0.1, 0.15) is 18.9 Å². The van der Waals surface area contributed by atoms with Gasteiger partial charge in [-0.15, -0.1) is 11.8 Å². The molecule has 1 heterocycles. The van der Waals surface area contributed by atoms with Gasteiger partial charge in [0.15, 0.2) is 0 Å². The molecule has 0 amide bonds. The number of nitrogens with one attached hydrogen (secondary N) is 1. The Balaban J connectivity index is 1.92. The maximum Gasteiger partial charge on any atom is 0.0702 e. The summed E-state index contributed by atoms with van der Waals surface area (Å²) in [5.74, 6) is 0. The number of fused-ring (bicyclic) bond motifs is 1. The molecular formula is C16H15ClN2S. The highest BCUT2D eigenvalue weighted by molar-refractivity contribution is 8.00. The largest absolute Gasteiger partial charge is 0.278 e. The zero-order valence-corrected chi connectivity index (χ0v) is 12.7. The third-order valence-electron chi connectivity index (χ3n) is 3.16. The Labute approximate surface area is 128 Å². The van der Waals surface area contributed by atoms with Crippen molar-refractivity contribution in [1.82, 2.24) is 0 Å². The zero-order chi connectivity index (χ0) is 13.9. The summed E-state index contributed by atoms with van der Waals surface area (Å²) in [7, 11) is 0. The third kappa shape index (κ3) is 3.00. The maximum absolute atomic E-state index is 6.11. The second kappa shape index (κ2) is 5.90. The highest BCUT2D eigenvalue weighted by Crippen LogP contribution is 2.36. The Morgan fingerprint density at radius 3 is 2.80 bits per heavy atom. The minimum absolute atomic E-state index is 0.528. The van der Waals surface area contributed by atoms with E-state index in [4.69, 9.17) is 11.6 Å². The molecule has 0 saturated carbocycles. The molecule has 1 aliphatic heterocycles. The second-order valence-corrected chi connectivity index (χ2v) is 6.73. The molecule has 102 valence electrons. The molecule has 0 spiro atoms. The molecule has 2 aromatic carbocycles. The fourth-order valence-electron chi connectivity index (χ4n) is 2.22. The normalized spacial score (nSPS) is 19.7. The monoisotopic (exact) mass is 302 g/mol. The highest BCUT2D eigenvalue weighted by Gasteiger charge is 2.21. The van der Waals surface area contributed by atoms with Crippen LogP contribution in [0.4, 0.5) is 5.69 Å². The SMILES string of the molecule is CC1CC(=NNc2ccccc2)c2cc(Cl)ccc2S1. The predicted molar refractivity (Wildman–Crippen MR) is 88.0 cm³/mol. The first-order valence-corrected chi connectivity index (χ1v) is 7.82. The molecule has 2 nitrogen and oxygen atoms in total. The molecule has 0 fully saturated rings. The quantitative estimate of drug-likeness (QED) is 0.786. The molecule has 0 aliphatic carbocycles. The summed E-state index contributed by atoms with van der Waals surface area (Å²) in [5, 5.41) is 5.86. The Hall–Kier alpha value is -1.45. The summed E-state index contributed by atoms with van der Waals surface area (Å²) in [6, 6.07) is 16.0. The molecule has 2 aromatic rings. The number of hydrogen-bond donors (Lipinski definition) is 1. The summed E-state index contributed by atoms with van der Waals surface area (Å²) < 4.78 is 0. The fourth-order valence-corrected chi connectivity index (χ4v) is 3.52. The average Bonchev–Trinajstić information content (AvgIpc) is 2.46. The lowest BCUT2D eigenvalue weighted by molar-refractivity contribution is 0.988. The minimum atomic E-state index is 0.528. The first-order valence-electron chi connectivity index (χ1n) is 6.56. The van der Waals surface area contributed by atoms with Gasteiger partial charge in [0.05, 0.1) is 11.4 Å². The van der Waals surface area contributed by atoms with E-state index in [9.17, 15) is 0 Å². The Bertz CT molecular complexity index is 640. The van der Waals surface area contributed by atoms with Crippen molar-refractivity contribution in [3.05, 3.63) is 59.1 Å². The van der Waals surface area contributed by atoms with Crippen LogP contribution in [-0.4, -0.2) is 11.0 Å². The number of hydrogen-bond acceptors (Lipinski definition) is 3. The molecule has 4 heteroatoms. The minimum Gasteiger partial charge on any atom is -0.278 e. The fraction of sp³-hybridized carbons (Fsp3) is 0.188. The van der Waals surface area contributed by atoms with Crippen molar-refractivity contribution in [2.75, 3.05) is 5.43 Å². The van der Waals surface area contributed by atoms with Gasteiger partial charge >= 0.3 is 0 Å². The van der Waals surface area contributed by atoms with Gasteiger partial charge in [-0.05, 0) is 30.3 Å². The summed E-state index contributed by atoms with van der Waals surface area (Å²) in [6.45, 7) is 2.22. The Morgan fingerprint density at radius 2 is 2.00 bits per heavy atom. The highest BCUT2D eigenvalue weighted by atomic mass is 35.5. The summed E-state index contributed by atoms with van der Waals surface area (Å²) in [4.78, 5) is 1.25. The molecular weight excluding hydrogens is 288 g/mol. The number of benzene rings is 2. The van der Waals surface area contributed by atoms with Crippen LogP contribution in [0, 0.1) is 0 Å². The van der Waals surface area contributed by atoms with Crippen LogP contribution in [-0.2, 0) is 0 Å². The number of nitrogens with zero attached hydrogens (tertiary/aromatic N) is 1. The van der Waals surface area contributed by atoms with Crippen LogP contribution >= 0.6 is 23.4 Å². The standard InChI is InChI=1S/C16H15ClN2S/c1-11-9-15(19-18-13-5-3-2-4-6-13)14-10-12(17)7-8-16(14)20-11/h2-8,10-11,18H,9H2,1H3. The Morgan fingerprint density at radius 1 is 1.20 bits per heavy atom. The molecule has 1 N–H and O–H groups in total. The first-order chi connectivity index (χ1) is 9.72. The van der Waals surface area contributed by atoms with E-state index in [1.807, 2.05) is 54.2 Å². The van der Waals surface area contributed by atoms with Gasteiger partial charge < -0.3 is 0 Å². The molecule has 0 saturated heterocycles. The van der Waals surface area contributed by atoms with Gasteiger partial charge in [0.2, 0.25) is 0 Å². The summed E-state index contributed by atoms with van der Waals surface area (Å²) >= 11 is 7.99. The number of para-hydroxylation sites is 1. The summed E-state index contributed by atoms with van der Waals surface area (Å²) in [5.41, 5.74) is 6.34.